The Morgan fingerprint density at radius 1 is 0.953 bits per heavy atom. The van der Waals surface area contributed by atoms with Gasteiger partial charge in [0.05, 0.1) is 23.8 Å². The molecule has 1 aromatic heterocycles. The fourth-order valence-electron chi connectivity index (χ4n) is 5.09. The smallest absolute Gasteiger partial charge is 0.303 e. The van der Waals surface area contributed by atoms with E-state index in [2.05, 4.69) is 11.9 Å². The van der Waals surface area contributed by atoms with Crippen LogP contribution in [0.1, 0.15) is 54.3 Å². The summed E-state index contributed by atoms with van der Waals surface area (Å²) in [4.78, 5) is 16.1. The predicted octanol–water partition coefficient (Wildman–Crippen LogP) is 6.17. The fraction of sp³-hybridized carbons (Fsp3) is 0.333. The molecule has 3 aromatic carbocycles. The molecule has 0 radical (unpaired) electrons. The number of carboxylic acid groups (broad SMARTS) is 1. The molecular weight excluding hydrogens is 568 g/mol. The Morgan fingerprint density at radius 2 is 1.70 bits per heavy atom. The number of unbranched alkanes of at least 4 members (excludes halogenated alkanes) is 1. The Balaban J connectivity index is 1.32. The minimum atomic E-state index is -3.82. The summed E-state index contributed by atoms with van der Waals surface area (Å²) in [6, 6.07) is 19.8. The number of oxazole rings is 1. The van der Waals surface area contributed by atoms with Gasteiger partial charge in [0, 0.05) is 37.1 Å². The molecule has 0 atom stereocenters. The van der Waals surface area contributed by atoms with E-state index in [1.807, 2.05) is 43.3 Å². The number of benzene rings is 3. The van der Waals surface area contributed by atoms with E-state index in [4.69, 9.17) is 13.9 Å². The van der Waals surface area contributed by atoms with Crippen LogP contribution >= 0.6 is 0 Å². The highest BCUT2D eigenvalue weighted by Gasteiger charge is 2.34. The zero-order chi connectivity index (χ0) is 30.4. The van der Waals surface area contributed by atoms with Gasteiger partial charge in [-0.15, -0.1) is 0 Å². The first kappa shape index (κ1) is 30.3. The van der Waals surface area contributed by atoms with E-state index in [1.165, 1.54) is 4.31 Å². The Bertz CT molecular complexity index is 1670. The lowest BCUT2D eigenvalue weighted by Gasteiger charge is -2.16. The summed E-state index contributed by atoms with van der Waals surface area (Å²) in [7, 11) is -3.82. The van der Waals surface area contributed by atoms with Gasteiger partial charge in [0.1, 0.15) is 17.3 Å². The predicted molar refractivity (Wildman–Crippen MR) is 162 cm³/mol. The largest absolute Gasteiger partial charge is 0.494 e. The molecule has 0 saturated heterocycles. The number of carboxylic acids is 1. The van der Waals surface area contributed by atoms with Gasteiger partial charge in [-0.1, -0.05) is 37.6 Å². The summed E-state index contributed by atoms with van der Waals surface area (Å²) in [5, 5.41) is 9.26. The minimum absolute atomic E-state index is 0.0475. The molecule has 1 aliphatic rings. The first-order valence-corrected chi connectivity index (χ1v) is 15.9. The summed E-state index contributed by atoms with van der Waals surface area (Å²) in [5.74, 6) is 1.57. The van der Waals surface area contributed by atoms with Crippen LogP contribution in [0, 0.1) is 6.92 Å². The van der Waals surface area contributed by atoms with Gasteiger partial charge in [0.15, 0.2) is 0 Å². The van der Waals surface area contributed by atoms with Crippen molar-refractivity contribution in [2.24, 2.45) is 0 Å². The first-order chi connectivity index (χ1) is 20.8. The number of aromatic nitrogens is 1. The molecule has 0 bridgehead atoms. The van der Waals surface area contributed by atoms with E-state index in [1.54, 1.807) is 30.3 Å². The standard InChI is InChI=1S/C33H36N2O7S/c1-3-4-19-40-26-12-14-27(15-13-26)43(38,39)35-21-28-24(11-17-32(36)37)10-16-31(29(28)22-35)41-20-18-30-23(2)42-33(34-30)25-8-6-5-7-9-25/h5-10,12-16H,3-4,11,17-22H2,1-2H3,(H,36,37). The van der Waals surface area contributed by atoms with E-state index in [0.29, 0.717) is 43.4 Å². The SMILES string of the molecule is CCCCOc1ccc(S(=O)(=O)N2Cc3c(CCC(=O)O)ccc(OCCc4nc(-c5ccccc5)oc4C)c3C2)cc1. The quantitative estimate of drug-likeness (QED) is 0.170. The molecule has 2 heterocycles. The molecule has 0 aliphatic carbocycles. The lowest BCUT2D eigenvalue weighted by molar-refractivity contribution is -0.136. The number of aryl methyl sites for hydroxylation is 2. The Morgan fingerprint density at radius 3 is 2.42 bits per heavy atom. The van der Waals surface area contributed by atoms with E-state index < -0.39 is 16.0 Å². The van der Waals surface area contributed by atoms with E-state index in [-0.39, 0.29) is 24.4 Å². The van der Waals surface area contributed by atoms with Crippen LogP contribution in [0.3, 0.4) is 0 Å². The van der Waals surface area contributed by atoms with Crippen LogP contribution in [0.5, 0.6) is 11.5 Å². The van der Waals surface area contributed by atoms with Crippen LogP contribution in [0.25, 0.3) is 11.5 Å². The monoisotopic (exact) mass is 604 g/mol. The van der Waals surface area contributed by atoms with Crippen molar-refractivity contribution in [2.45, 2.75) is 63.9 Å². The molecule has 1 N–H and O–H groups in total. The van der Waals surface area contributed by atoms with Crippen molar-refractivity contribution in [2.75, 3.05) is 13.2 Å². The zero-order valence-electron chi connectivity index (χ0n) is 24.4. The van der Waals surface area contributed by atoms with Gasteiger partial charge in [-0.2, -0.15) is 4.31 Å². The number of nitrogens with zero attached hydrogens (tertiary/aromatic N) is 2. The van der Waals surface area contributed by atoms with Crippen molar-refractivity contribution in [3.8, 4) is 23.0 Å². The molecule has 0 saturated carbocycles. The second-order valence-corrected chi connectivity index (χ2v) is 12.4. The molecule has 0 amide bonds. The number of ether oxygens (including phenoxy) is 2. The van der Waals surface area contributed by atoms with Gasteiger partial charge in [-0.3, -0.25) is 4.79 Å². The topological polar surface area (TPSA) is 119 Å². The van der Waals surface area contributed by atoms with Crippen molar-refractivity contribution in [3.05, 3.63) is 94.9 Å². The maximum Gasteiger partial charge on any atom is 0.303 e. The second kappa shape index (κ2) is 13.4. The molecule has 5 rings (SSSR count). The molecule has 0 unspecified atom stereocenters. The third kappa shape index (κ3) is 7.09. The lowest BCUT2D eigenvalue weighted by atomic mass is 9.99. The van der Waals surface area contributed by atoms with Crippen molar-refractivity contribution >= 4 is 16.0 Å². The van der Waals surface area contributed by atoms with E-state index in [0.717, 1.165) is 46.5 Å². The minimum Gasteiger partial charge on any atom is -0.494 e. The number of hydrogen-bond donors (Lipinski definition) is 1. The number of carbonyl (C=O) groups is 1. The molecule has 4 aromatic rings. The van der Waals surface area contributed by atoms with Crippen molar-refractivity contribution in [3.63, 3.8) is 0 Å². The molecule has 10 heteroatoms. The van der Waals surface area contributed by atoms with Gasteiger partial charge in [0.2, 0.25) is 15.9 Å². The molecule has 0 spiro atoms. The molecule has 9 nitrogen and oxygen atoms in total. The van der Waals surface area contributed by atoms with Gasteiger partial charge in [-0.05, 0) is 73.4 Å². The van der Waals surface area contributed by atoms with E-state index in [9.17, 15) is 18.3 Å². The Labute approximate surface area is 252 Å². The Hall–Kier alpha value is -4.15. The first-order valence-electron chi connectivity index (χ1n) is 14.5. The lowest BCUT2D eigenvalue weighted by Crippen LogP contribution is -2.25. The third-order valence-electron chi connectivity index (χ3n) is 7.50. The highest BCUT2D eigenvalue weighted by Crippen LogP contribution is 2.37. The summed E-state index contributed by atoms with van der Waals surface area (Å²) < 4.78 is 46.5. The number of aliphatic carboxylic acids is 1. The van der Waals surface area contributed by atoms with Crippen LogP contribution in [-0.4, -0.2) is 42.0 Å². The average Bonchev–Trinajstić information content (AvgIpc) is 3.62. The summed E-state index contributed by atoms with van der Waals surface area (Å²) >= 11 is 0. The average molecular weight is 605 g/mol. The molecule has 43 heavy (non-hydrogen) atoms. The van der Waals surface area contributed by atoms with Crippen molar-refractivity contribution in [1.29, 1.82) is 0 Å². The number of hydrogen-bond acceptors (Lipinski definition) is 7. The maximum atomic E-state index is 13.7. The fourth-order valence-corrected chi connectivity index (χ4v) is 6.47. The zero-order valence-corrected chi connectivity index (χ0v) is 25.2. The summed E-state index contributed by atoms with van der Waals surface area (Å²) in [5.41, 5.74) is 4.05. The van der Waals surface area contributed by atoms with Gasteiger partial charge < -0.3 is 19.0 Å². The molecule has 0 fully saturated rings. The summed E-state index contributed by atoms with van der Waals surface area (Å²) in [6.07, 6.45) is 2.70. The normalized spacial score (nSPS) is 13.2. The third-order valence-corrected chi connectivity index (χ3v) is 9.31. The number of fused-ring (bicyclic) bond motifs is 1. The number of rotatable bonds is 14. The highest BCUT2D eigenvalue weighted by atomic mass is 32.2. The number of sulfonamides is 1. The van der Waals surface area contributed by atoms with Crippen molar-refractivity contribution in [1.82, 2.24) is 9.29 Å². The van der Waals surface area contributed by atoms with Gasteiger partial charge >= 0.3 is 5.97 Å². The van der Waals surface area contributed by atoms with Crippen LogP contribution in [0.4, 0.5) is 0 Å². The van der Waals surface area contributed by atoms with Crippen molar-refractivity contribution < 1.29 is 32.2 Å². The van der Waals surface area contributed by atoms with Crippen LogP contribution in [0.15, 0.2) is 76.0 Å². The van der Waals surface area contributed by atoms with Crippen LogP contribution in [0.2, 0.25) is 0 Å². The molecular formula is C33H36N2O7S. The van der Waals surface area contributed by atoms with Gasteiger partial charge in [-0.25, -0.2) is 13.4 Å². The van der Waals surface area contributed by atoms with Crippen LogP contribution < -0.4 is 9.47 Å². The van der Waals surface area contributed by atoms with Gasteiger partial charge in [0.25, 0.3) is 0 Å². The molecule has 1 aliphatic heterocycles. The Kier molecular flexibility index (Phi) is 9.47. The summed E-state index contributed by atoms with van der Waals surface area (Å²) in [6.45, 7) is 5.11. The highest BCUT2D eigenvalue weighted by molar-refractivity contribution is 7.89. The van der Waals surface area contributed by atoms with E-state index >= 15 is 0 Å². The van der Waals surface area contributed by atoms with Crippen LogP contribution in [-0.2, 0) is 40.7 Å². The maximum absolute atomic E-state index is 13.7. The second-order valence-electron chi connectivity index (χ2n) is 10.5. The molecule has 226 valence electrons.